The van der Waals surface area contributed by atoms with E-state index < -0.39 is 0 Å². The van der Waals surface area contributed by atoms with E-state index in [2.05, 4.69) is 41.0 Å². The highest BCUT2D eigenvalue weighted by atomic mass is 16.2. The number of nitrogens with one attached hydrogen (secondary N) is 2. The molecule has 24 heavy (non-hydrogen) atoms. The number of fused-ring (bicyclic) bond motifs is 1. The summed E-state index contributed by atoms with van der Waals surface area (Å²) in [6, 6.07) is 24.3. The van der Waals surface area contributed by atoms with E-state index in [1.54, 1.807) is 0 Å². The van der Waals surface area contributed by atoms with Crippen LogP contribution in [-0.2, 0) is 17.8 Å². The van der Waals surface area contributed by atoms with Crippen LogP contribution in [0.1, 0.15) is 11.1 Å². The molecule has 0 heterocycles. The summed E-state index contributed by atoms with van der Waals surface area (Å²) in [7, 11) is 1.83. The minimum atomic E-state index is -0.241. The molecular formula is C21H22N2O. The number of hydrogen-bond donors (Lipinski definition) is 2. The van der Waals surface area contributed by atoms with E-state index in [9.17, 15) is 4.79 Å². The van der Waals surface area contributed by atoms with E-state index >= 15 is 0 Å². The second-order valence-electron chi connectivity index (χ2n) is 5.93. The van der Waals surface area contributed by atoms with Crippen molar-refractivity contribution in [1.82, 2.24) is 10.6 Å². The summed E-state index contributed by atoms with van der Waals surface area (Å²) in [5.74, 6) is 0.0227. The smallest absolute Gasteiger partial charge is 0.237 e. The third-order valence-corrected chi connectivity index (χ3v) is 4.23. The highest BCUT2D eigenvalue weighted by molar-refractivity contribution is 5.84. The molecule has 0 fully saturated rings. The van der Waals surface area contributed by atoms with Gasteiger partial charge in [-0.2, -0.15) is 0 Å². The van der Waals surface area contributed by atoms with Crippen molar-refractivity contribution in [1.29, 1.82) is 0 Å². The average molecular weight is 318 g/mol. The molecule has 0 aliphatic carbocycles. The normalized spacial score (nSPS) is 12.0. The topological polar surface area (TPSA) is 41.1 Å². The molecule has 3 nitrogen and oxygen atoms in total. The van der Waals surface area contributed by atoms with Gasteiger partial charge in [-0.05, 0) is 35.4 Å². The quantitative estimate of drug-likeness (QED) is 0.732. The third kappa shape index (κ3) is 4.00. The van der Waals surface area contributed by atoms with Gasteiger partial charge in [-0.3, -0.25) is 4.79 Å². The van der Waals surface area contributed by atoms with Crippen molar-refractivity contribution >= 4 is 16.7 Å². The van der Waals surface area contributed by atoms with Gasteiger partial charge in [0, 0.05) is 6.54 Å². The van der Waals surface area contributed by atoms with Gasteiger partial charge < -0.3 is 10.6 Å². The van der Waals surface area contributed by atoms with Gasteiger partial charge in [-0.25, -0.2) is 0 Å². The van der Waals surface area contributed by atoms with Gasteiger partial charge in [0.1, 0.15) is 0 Å². The van der Waals surface area contributed by atoms with Crippen LogP contribution in [0, 0.1) is 0 Å². The minimum Gasteiger partial charge on any atom is -0.351 e. The van der Waals surface area contributed by atoms with Gasteiger partial charge in [0.15, 0.2) is 0 Å². The lowest BCUT2D eigenvalue weighted by molar-refractivity contribution is -0.123. The predicted molar refractivity (Wildman–Crippen MR) is 98.8 cm³/mol. The molecule has 3 rings (SSSR count). The maximum atomic E-state index is 12.4. The molecule has 0 aromatic heterocycles. The lowest BCUT2D eigenvalue weighted by atomic mass is 10.0. The summed E-state index contributed by atoms with van der Waals surface area (Å²) in [5.41, 5.74) is 2.26. The van der Waals surface area contributed by atoms with Crippen molar-refractivity contribution in [2.24, 2.45) is 0 Å². The molecule has 0 saturated carbocycles. The SMILES string of the molecule is CN[C@@H](Cc1ccc2ccccc2c1)C(=O)NCc1ccccc1. The standard InChI is InChI=1S/C21H22N2O/c1-22-20(21(24)23-15-16-7-3-2-4-8-16)14-17-11-12-18-9-5-6-10-19(18)13-17/h2-13,20,22H,14-15H2,1H3,(H,23,24)/t20-/m0/s1. The van der Waals surface area contributed by atoms with Crippen molar-refractivity contribution in [3.8, 4) is 0 Å². The molecule has 1 amide bonds. The van der Waals surface area contributed by atoms with Gasteiger partial charge in [0.25, 0.3) is 0 Å². The van der Waals surface area contributed by atoms with Crippen molar-refractivity contribution in [2.45, 2.75) is 19.0 Å². The zero-order valence-corrected chi connectivity index (χ0v) is 13.8. The van der Waals surface area contributed by atoms with Crippen LogP contribution in [0.25, 0.3) is 10.8 Å². The fourth-order valence-electron chi connectivity index (χ4n) is 2.84. The summed E-state index contributed by atoms with van der Waals surface area (Å²) in [6.45, 7) is 0.551. The van der Waals surface area contributed by atoms with Crippen LogP contribution in [-0.4, -0.2) is 19.0 Å². The Labute approximate surface area is 142 Å². The Morgan fingerprint density at radius 1 is 0.875 bits per heavy atom. The van der Waals surface area contributed by atoms with E-state index in [-0.39, 0.29) is 11.9 Å². The maximum absolute atomic E-state index is 12.4. The lowest BCUT2D eigenvalue weighted by Crippen LogP contribution is -2.43. The fraction of sp³-hybridized carbons (Fsp3) is 0.190. The summed E-state index contributed by atoms with van der Waals surface area (Å²) >= 11 is 0. The van der Waals surface area contributed by atoms with E-state index in [0.717, 1.165) is 11.1 Å². The lowest BCUT2D eigenvalue weighted by Gasteiger charge is -2.16. The van der Waals surface area contributed by atoms with Crippen LogP contribution in [0.5, 0.6) is 0 Å². The van der Waals surface area contributed by atoms with Crippen LogP contribution in [0.3, 0.4) is 0 Å². The molecule has 0 radical (unpaired) electrons. The number of carbonyl (C=O) groups excluding carboxylic acids is 1. The molecular weight excluding hydrogens is 296 g/mol. The first kappa shape index (κ1) is 16.2. The molecule has 2 N–H and O–H groups in total. The second-order valence-corrected chi connectivity index (χ2v) is 5.93. The molecule has 3 aromatic carbocycles. The first-order valence-corrected chi connectivity index (χ1v) is 8.23. The molecule has 0 aliphatic heterocycles. The Hall–Kier alpha value is -2.65. The molecule has 0 saturated heterocycles. The zero-order chi connectivity index (χ0) is 16.8. The number of amides is 1. The van der Waals surface area contributed by atoms with Crippen LogP contribution < -0.4 is 10.6 Å². The molecule has 3 aromatic rings. The molecule has 1 atom stereocenters. The number of carbonyl (C=O) groups is 1. The van der Waals surface area contributed by atoms with Gasteiger partial charge in [-0.15, -0.1) is 0 Å². The van der Waals surface area contributed by atoms with Gasteiger partial charge >= 0.3 is 0 Å². The van der Waals surface area contributed by atoms with E-state index in [1.807, 2.05) is 49.5 Å². The highest BCUT2D eigenvalue weighted by Crippen LogP contribution is 2.16. The van der Waals surface area contributed by atoms with Crippen molar-refractivity contribution in [2.75, 3.05) is 7.05 Å². The summed E-state index contributed by atoms with van der Waals surface area (Å²) in [5, 5.41) is 8.55. The largest absolute Gasteiger partial charge is 0.351 e. The Morgan fingerprint density at radius 3 is 2.33 bits per heavy atom. The van der Waals surface area contributed by atoms with Gasteiger partial charge in [-0.1, -0.05) is 72.8 Å². The Morgan fingerprint density at radius 2 is 1.58 bits per heavy atom. The number of likely N-dealkylation sites (N-methyl/N-ethyl adjacent to an activating group) is 1. The molecule has 122 valence electrons. The first-order valence-electron chi connectivity index (χ1n) is 8.23. The Bertz CT molecular complexity index is 814. The number of hydrogen-bond acceptors (Lipinski definition) is 2. The molecule has 3 heteroatoms. The maximum Gasteiger partial charge on any atom is 0.237 e. The third-order valence-electron chi connectivity index (χ3n) is 4.23. The molecule has 0 spiro atoms. The van der Waals surface area contributed by atoms with Crippen molar-refractivity contribution < 1.29 is 4.79 Å². The highest BCUT2D eigenvalue weighted by Gasteiger charge is 2.16. The van der Waals surface area contributed by atoms with Crippen LogP contribution in [0.15, 0.2) is 72.8 Å². The summed E-state index contributed by atoms with van der Waals surface area (Å²) in [6.07, 6.45) is 0.669. The van der Waals surface area contributed by atoms with Crippen LogP contribution >= 0.6 is 0 Å². The molecule has 0 unspecified atom stereocenters. The predicted octanol–water partition coefficient (Wildman–Crippen LogP) is 3.29. The average Bonchev–Trinajstić information content (AvgIpc) is 2.65. The Balaban J connectivity index is 1.65. The van der Waals surface area contributed by atoms with E-state index in [0.29, 0.717) is 13.0 Å². The first-order chi connectivity index (χ1) is 11.8. The number of rotatable bonds is 6. The van der Waals surface area contributed by atoms with Crippen molar-refractivity contribution in [3.63, 3.8) is 0 Å². The van der Waals surface area contributed by atoms with E-state index in [4.69, 9.17) is 0 Å². The summed E-state index contributed by atoms with van der Waals surface area (Å²) in [4.78, 5) is 12.4. The minimum absolute atomic E-state index is 0.0227. The van der Waals surface area contributed by atoms with Crippen LogP contribution in [0.2, 0.25) is 0 Å². The fourth-order valence-corrected chi connectivity index (χ4v) is 2.84. The van der Waals surface area contributed by atoms with Gasteiger partial charge in [0.05, 0.1) is 6.04 Å². The second kappa shape index (κ2) is 7.75. The summed E-state index contributed by atoms with van der Waals surface area (Å²) < 4.78 is 0. The monoisotopic (exact) mass is 318 g/mol. The van der Waals surface area contributed by atoms with Gasteiger partial charge in [0.2, 0.25) is 5.91 Å². The Kier molecular flexibility index (Phi) is 5.24. The van der Waals surface area contributed by atoms with Crippen molar-refractivity contribution in [3.05, 3.63) is 83.9 Å². The molecule has 0 aliphatic rings. The zero-order valence-electron chi connectivity index (χ0n) is 13.8. The van der Waals surface area contributed by atoms with E-state index in [1.165, 1.54) is 10.8 Å². The van der Waals surface area contributed by atoms with Crippen LogP contribution in [0.4, 0.5) is 0 Å². The number of benzene rings is 3. The molecule has 0 bridgehead atoms.